The molecule has 1 aliphatic carbocycles. The van der Waals surface area contributed by atoms with Crippen LogP contribution in [-0.2, 0) is 10.3 Å². The Balaban J connectivity index is 2.19. The van der Waals surface area contributed by atoms with Gasteiger partial charge in [0.1, 0.15) is 5.78 Å². The fourth-order valence-corrected chi connectivity index (χ4v) is 2.46. The largest absolute Gasteiger partial charge is 0.321 e. The van der Waals surface area contributed by atoms with E-state index >= 15 is 0 Å². The minimum atomic E-state index is -0.288. The molecule has 2 nitrogen and oxygen atoms in total. The SMILES string of the molecule is CC(C)c1ccc(C2(N)CCC(=O)CC2)cc1. The molecule has 0 bridgehead atoms. The predicted molar refractivity (Wildman–Crippen MR) is 69.9 cm³/mol. The first-order valence-electron chi connectivity index (χ1n) is 6.42. The maximum Gasteiger partial charge on any atom is 0.133 e. The molecule has 1 fully saturated rings. The first-order valence-corrected chi connectivity index (χ1v) is 6.42. The van der Waals surface area contributed by atoms with E-state index in [2.05, 4.69) is 38.1 Å². The lowest BCUT2D eigenvalue weighted by Crippen LogP contribution is -2.40. The summed E-state index contributed by atoms with van der Waals surface area (Å²) in [6, 6.07) is 8.58. The second-order valence-electron chi connectivity index (χ2n) is 5.47. The van der Waals surface area contributed by atoms with Gasteiger partial charge in [-0.15, -0.1) is 0 Å². The van der Waals surface area contributed by atoms with Crippen molar-refractivity contribution in [3.63, 3.8) is 0 Å². The van der Waals surface area contributed by atoms with Crippen molar-refractivity contribution >= 4 is 5.78 Å². The van der Waals surface area contributed by atoms with Crippen molar-refractivity contribution in [1.82, 2.24) is 0 Å². The summed E-state index contributed by atoms with van der Waals surface area (Å²) in [5.41, 5.74) is 8.64. The fraction of sp³-hybridized carbons (Fsp3) is 0.533. The van der Waals surface area contributed by atoms with E-state index in [1.54, 1.807) is 0 Å². The highest BCUT2D eigenvalue weighted by Crippen LogP contribution is 2.33. The Kier molecular flexibility index (Phi) is 3.34. The van der Waals surface area contributed by atoms with Gasteiger partial charge in [-0.2, -0.15) is 0 Å². The Morgan fingerprint density at radius 2 is 1.65 bits per heavy atom. The topological polar surface area (TPSA) is 43.1 Å². The van der Waals surface area contributed by atoms with Gasteiger partial charge in [-0.25, -0.2) is 0 Å². The molecule has 2 heteroatoms. The highest BCUT2D eigenvalue weighted by atomic mass is 16.1. The zero-order valence-corrected chi connectivity index (χ0v) is 10.7. The molecule has 0 unspecified atom stereocenters. The van der Waals surface area contributed by atoms with Crippen molar-refractivity contribution in [2.45, 2.75) is 51.0 Å². The minimum absolute atomic E-state index is 0.288. The Morgan fingerprint density at radius 1 is 1.12 bits per heavy atom. The van der Waals surface area contributed by atoms with Gasteiger partial charge in [-0.05, 0) is 29.9 Å². The monoisotopic (exact) mass is 231 g/mol. The number of carbonyl (C=O) groups is 1. The summed E-state index contributed by atoms with van der Waals surface area (Å²) < 4.78 is 0. The van der Waals surface area contributed by atoms with Crippen LogP contribution in [0.5, 0.6) is 0 Å². The number of hydrogen-bond donors (Lipinski definition) is 1. The summed E-state index contributed by atoms with van der Waals surface area (Å²) in [6.07, 6.45) is 2.82. The fourth-order valence-electron chi connectivity index (χ4n) is 2.46. The molecule has 2 rings (SSSR count). The van der Waals surface area contributed by atoms with Gasteiger partial charge < -0.3 is 5.73 Å². The number of carbonyl (C=O) groups excluding carboxylic acids is 1. The van der Waals surface area contributed by atoms with Crippen molar-refractivity contribution in [2.75, 3.05) is 0 Å². The van der Waals surface area contributed by atoms with Gasteiger partial charge in [0.2, 0.25) is 0 Å². The molecular weight excluding hydrogens is 210 g/mol. The Morgan fingerprint density at radius 3 is 2.12 bits per heavy atom. The summed E-state index contributed by atoms with van der Waals surface area (Å²) in [6.45, 7) is 4.37. The van der Waals surface area contributed by atoms with Gasteiger partial charge >= 0.3 is 0 Å². The average Bonchev–Trinajstić information content (AvgIpc) is 2.33. The first kappa shape index (κ1) is 12.3. The molecule has 0 atom stereocenters. The van der Waals surface area contributed by atoms with E-state index in [9.17, 15) is 4.79 Å². The van der Waals surface area contributed by atoms with Gasteiger partial charge in [-0.3, -0.25) is 4.79 Å². The van der Waals surface area contributed by atoms with Crippen LogP contribution in [0, 0.1) is 0 Å². The molecule has 92 valence electrons. The van der Waals surface area contributed by atoms with E-state index in [0.29, 0.717) is 24.5 Å². The van der Waals surface area contributed by atoms with Crippen molar-refractivity contribution in [3.05, 3.63) is 35.4 Å². The van der Waals surface area contributed by atoms with Gasteiger partial charge in [0.15, 0.2) is 0 Å². The number of benzene rings is 1. The zero-order chi connectivity index (χ0) is 12.5. The van der Waals surface area contributed by atoms with Gasteiger partial charge in [-0.1, -0.05) is 38.1 Å². The predicted octanol–water partition coefficient (Wildman–Crippen LogP) is 3.11. The van der Waals surface area contributed by atoms with Gasteiger partial charge in [0.05, 0.1) is 0 Å². The molecule has 0 aliphatic heterocycles. The third-order valence-electron chi connectivity index (χ3n) is 3.85. The molecular formula is C15H21NO. The summed E-state index contributed by atoms with van der Waals surface area (Å²) in [7, 11) is 0. The van der Waals surface area contributed by atoms with Crippen LogP contribution in [-0.4, -0.2) is 5.78 Å². The molecule has 2 N–H and O–H groups in total. The van der Waals surface area contributed by atoms with Gasteiger partial charge in [0, 0.05) is 18.4 Å². The molecule has 0 heterocycles. The highest BCUT2D eigenvalue weighted by Gasteiger charge is 2.32. The zero-order valence-electron chi connectivity index (χ0n) is 10.7. The molecule has 1 aliphatic rings. The molecule has 0 amide bonds. The molecule has 1 saturated carbocycles. The second kappa shape index (κ2) is 4.61. The van der Waals surface area contributed by atoms with E-state index in [1.165, 1.54) is 11.1 Å². The number of rotatable bonds is 2. The van der Waals surface area contributed by atoms with Crippen LogP contribution in [0.2, 0.25) is 0 Å². The Hall–Kier alpha value is -1.15. The lowest BCUT2D eigenvalue weighted by molar-refractivity contribution is -0.121. The van der Waals surface area contributed by atoms with E-state index in [0.717, 1.165) is 12.8 Å². The standard InChI is InChI=1S/C15H21NO/c1-11(2)12-3-5-13(6-4-12)15(16)9-7-14(17)8-10-15/h3-6,11H,7-10,16H2,1-2H3. The summed E-state index contributed by atoms with van der Waals surface area (Å²) >= 11 is 0. The smallest absolute Gasteiger partial charge is 0.133 e. The molecule has 0 spiro atoms. The number of hydrogen-bond acceptors (Lipinski definition) is 2. The second-order valence-corrected chi connectivity index (χ2v) is 5.47. The lowest BCUT2D eigenvalue weighted by Gasteiger charge is -2.33. The Labute approximate surface area is 103 Å². The lowest BCUT2D eigenvalue weighted by atomic mass is 9.77. The van der Waals surface area contributed by atoms with Crippen molar-refractivity contribution in [2.24, 2.45) is 5.73 Å². The number of nitrogens with two attached hydrogens (primary N) is 1. The molecule has 0 radical (unpaired) electrons. The normalized spacial score (nSPS) is 19.6. The molecule has 0 aromatic heterocycles. The quantitative estimate of drug-likeness (QED) is 0.849. The summed E-state index contributed by atoms with van der Waals surface area (Å²) in [4.78, 5) is 11.3. The van der Waals surface area contributed by atoms with Crippen LogP contribution < -0.4 is 5.73 Å². The Bertz CT molecular complexity index is 395. The van der Waals surface area contributed by atoms with E-state index in [1.807, 2.05) is 0 Å². The third-order valence-corrected chi connectivity index (χ3v) is 3.85. The highest BCUT2D eigenvalue weighted by molar-refractivity contribution is 5.79. The van der Waals surface area contributed by atoms with E-state index < -0.39 is 0 Å². The van der Waals surface area contributed by atoms with Crippen molar-refractivity contribution in [3.8, 4) is 0 Å². The minimum Gasteiger partial charge on any atom is -0.321 e. The van der Waals surface area contributed by atoms with E-state index in [-0.39, 0.29) is 5.54 Å². The van der Waals surface area contributed by atoms with Crippen LogP contribution in [0.4, 0.5) is 0 Å². The molecule has 1 aromatic rings. The summed E-state index contributed by atoms with van der Waals surface area (Å²) in [5, 5.41) is 0. The first-order chi connectivity index (χ1) is 8.01. The molecule has 17 heavy (non-hydrogen) atoms. The third kappa shape index (κ3) is 2.58. The van der Waals surface area contributed by atoms with Crippen molar-refractivity contribution in [1.29, 1.82) is 0 Å². The van der Waals surface area contributed by atoms with Gasteiger partial charge in [0.25, 0.3) is 0 Å². The maximum absolute atomic E-state index is 11.3. The van der Waals surface area contributed by atoms with Crippen LogP contribution in [0.1, 0.15) is 56.6 Å². The molecule has 0 saturated heterocycles. The molecule has 1 aromatic carbocycles. The van der Waals surface area contributed by atoms with Crippen molar-refractivity contribution < 1.29 is 4.79 Å². The van der Waals surface area contributed by atoms with Crippen LogP contribution >= 0.6 is 0 Å². The number of Topliss-reactive ketones (excluding diaryl/α,β-unsaturated/α-hetero) is 1. The van der Waals surface area contributed by atoms with Crippen LogP contribution in [0.25, 0.3) is 0 Å². The average molecular weight is 231 g/mol. The van der Waals surface area contributed by atoms with E-state index in [4.69, 9.17) is 5.73 Å². The summed E-state index contributed by atoms with van der Waals surface area (Å²) in [5.74, 6) is 0.899. The van der Waals surface area contributed by atoms with Crippen LogP contribution in [0.15, 0.2) is 24.3 Å². The van der Waals surface area contributed by atoms with Crippen LogP contribution in [0.3, 0.4) is 0 Å². The maximum atomic E-state index is 11.3. The number of ketones is 1.